The van der Waals surface area contributed by atoms with Crippen LogP contribution in [0.1, 0.15) is 10.9 Å². The Morgan fingerprint density at radius 3 is 2.55 bits per heavy atom. The molecule has 0 amide bonds. The van der Waals surface area contributed by atoms with Gasteiger partial charge in [0, 0.05) is 5.02 Å². The van der Waals surface area contributed by atoms with Gasteiger partial charge in [-0.3, -0.25) is 0 Å². The van der Waals surface area contributed by atoms with Crippen molar-refractivity contribution in [2.45, 2.75) is 5.38 Å². The summed E-state index contributed by atoms with van der Waals surface area (Å²) in [4.78, 5) is 10.3. The molecule has 1 nitrogen and oxygen atoms in total. The summed E-state index contributed by atoms with van der Waals surface area (Å²) in [6.45, 7) is 0. The highest BCUT2D eigenvalue weighted by molar-refractivity contribution is 6.34. The van der Waals surface area contributed by atoms with Crippen LogP contribution in [0.2, 0.25) is 5.02 Å². The van der Waals surface area contributed by atoms with Gasteiger partial charge in [0.15, 0.2) is 0 Å². The van der Waals surface area contributed by atoms with E-state index in [-0.39, 0.29) is 0 Å². The van der Waals surface area contributed by atoms with E-state index in [4.69, 9.17) is 23.2 Å². The second-order valence-corrected chi connectivity index (χ2v) is 2.94. The first kappa shape index (κ1) is 8.57. The van der Waals surface area contributed by atoms with Crippen LogP contribution in [0.4, 0.5) is 0 Å². The SMILES string of the molecule is O=CC(Cl)c1ccccc1Cl. The van der Waals surface area contributed by atoms with Gasteiger partial charge in [0.1, 0.15) is 11.7 Å². The van der Waals surface area contributed by atoms with E-state index in [9.17, 15) is 4.79 Å². The Morgan fingerprint density at radius 1 is 1.36 bits per heavy atom. The molecule has 0 radical (unpaired) electrons. The zero-order valence-electron chi connectivity index (χ0n) is 5.63. The van der Waals surface area contributed by atoms with Gasteiger partial charge in [-0.2, -0.15) is 0 Å². The summed E-state index contributed by atoms with van der Waals surface area (Å²) >= 11 is 11.4. The van der Waals surface area contributed by atoms with Crippen molar-refractivity contribution < 1.29 is 4.79 Å². The standard InChI is InChI=1S/C8H6Cl2O/c9-7-4-2-1-3-6(7)8(10)5-11/h1-5,8H. The topological polar surface area (TPSA) is 17.1 Å². The number of hydrogen-bond acceptors (Lipinski definition) is 1. The number of benzene rings is 1. The monoisotopic (exact) mass is 188 g/mol. The van der Waals surface area contributed by atoms with Crippen molar-refractivity contribution in [1.82, 2.24) is 0 Å². The largest absolute Gasteiger partial charge is 0.301 e. The molecule has 3 heteroatoms. The summed E-state index contributed by atoms with van der Waals surface area (Å²) in [6.07, 6.45) is 0.656. The highest BCUT2D eigenvalue weighted by Gasteiger charge is 2.08. The fourth-order valence-corrected chi connectivity index (χ4v) is 1.27. The Labute approximate surface area is 74.9 Å². The van der Waals surface area contributed by atoms with Crippen molar-refractivity contribution in [3.05, 3.63) is 34.9 Å². The van der Waals surface area contributed by atoms with Gasteiger partial charge in [-0.1, -0.05) is 29.8 Å². The van der Waals surface area contributed by atoms with Crippen molar-refractivity contribution in [1.29, 1.82) is 0 Å². The molecule has 0 aromatic heterocycles. The van der Waals surface area contributed by atoms with Crippen LogP contribution in [0.25, 0.3) is 0 Å². The minimum absolute atomic E-state index is 0.527. The molecule has 1 rings (SSSR count). The highest BCUT2D eigenvalue weighted by Crippen LogP contribution is 2.25. The van der Waals surface area contributed by atoms with Crippen molar-refractivity contribution in [2.75, 3.05) is 0 Å². The molecule has 58 valence electrons. The van der Waals surface area contributed by atoms with E-state index >= 15 is 0 Å². The predicted octanol–water partition coefficient (Wildman–Crippen LogP) is 2.82. The molecule has 1 aromatic carbocycles. The molecule has 1 aromatic rings. The van der Waals surface area contributed by atoms with Crippen LogP contribution in [0.15, 0.2) is 24.3 Å². The molecule has 0 saturated carbocycles. The number of rotatable bonds is 2. The molecule has 0 N–H and O–H groups in total. The van der Waals surface area contributed by atoms with E-state index in [0.29, 0.717) is 16.9 Å². The van der Waals surface area contributed by atoms with Gasteiger partial charge in [-0.25, -0.2) is 0 Å². The minimum atomic E-state index is -0.635. The molecule has 11 heavy (non-hydrogen) atoms. The summed E-state index contributed by atoms with van der Waals surface area (Å²) in [5, 5.41) is -0.108. The predicted molar refractivity (Wildman–Crippen MR) is 46.1 cm³/mol. The maximum Gasteiger partial charge on any atom is 0.142 e. The average molecular weight is 189 g/mol. The first-order valence-electron chi connectivity index (χ1n) is 3.09. The quantitative estimate of drug-likeness (QED) is 0.516. The van der Waals surface area contributed by atoms with Crippen LogP contribution in [-0.2, 0) is 4.79 Å². The molecule has 0 aliphatic rings. The second kappa shape index (κ2) is 3.74. The molecule has 0 heterocycles. The maximum absolute atomic E-state index is 10.3. The van der Waals surface area contributed by atoms with E-state index in [0.717, 1.165) is 0 Å². The molecular formula is C8H6Cl2O. The Balaban J connectivity index is 3.02. The number of alkyl halides is 1. The summed E-state index contributed by atoms with van der Waals surface area (Å²) in [5.74, 6) is 0. The zero-order valence-corrected chi connectivity index (χ0v) is 7.14. The molecule has 1 unspecified atom stereocenters. The van der Waals surface area contributed by atoms with E-state index in [1.165, 1.54) is 0 Å². The van der Waals surface area contributed by atoms with Crippen molar-refractivity contribution >= 4 is 29.5 Å². The van der Waals surface area contributed by atoms with Crippen molar-refractivity contribution in [2.24, 2.45) is 0 Å². The molecule has 0 saturated heterocycles. The number of aldehydes is 1. The van der Waals surface area contributed by atoms with Crippen molar-refractivity contribution in [3.8, 4) is 0 Å². The molecule has 0 bridgehead atoms. The van der Waals surface area contributed by atoms with Gasteiger partial charge in [-0.15, -0.1) is 11.6 Å². The lowest BCUT2D eigenvalue weighted by atomic mass is 10.2. The van der Waals surface area contributed by atoms with Gasteiger partial charge in [0.2, 0.25) is 0 Å². The van der Waals surface area contributed by atoms with E-state index < -0.39 is 5.38 Å². The smallest absolute Gasteiger partial charge is 0.142 e. The van der Waals surface area contributed by atoms with E-state index in [1.807, 2.05) is 0 Å². The summed E-state index contributed by atoms with van der Waals surface area (Å²) < 4.78 is 0. The normalized spacial score (nSPS) is 12.5. The zero-order chi connectivity index (χ0) is 8.27. The Hall–Kier alpha value is -0.530. The third kappa shape index (κ3) is 1.95. The molecule has 0 aliphatic heterocycles. The second-order valence-electron chi connectivity index (χ2n) is 2.06. The Morgan fingerprint density at radius 2 is 2.00 bits per heavy atom. The number of carbonyl (C=O) groups excluding carboxylic acids is 1. The summed E-state index contributed by atoms with van der Waals surface area (Å²) in [6, 6.07) is 7.02. The van der Waals surface area contributed by atoms with E-state index in [1.54, 1.807) is 24.3 Å². The summed E-state index contributed by atoms with van der Waals surface area (Å²) in [7, 11) is 0. The van der Waals surface area contributed by atoms with E-state index in [2.05, 4.69) is 0 Å². The maximum atomic E-state index is 10.3. The van der Waals surface area contributed by atoms with Crippen LogP contribution in [0.5, 0.6) is 0 Å². The molecule has 0 spiro atoms. The molecule has 0 fully saturated rings. The first-order valence-corrected chi connectivity index (χ1v) is 3.91. The van der Waals surface area contributed by atoms with Crippen LogP contribution in [-0.4, -0.2) is 6.29 Å². The molecule has 0 aliphatic carbocycles. The lowest BCUT2D eigenvalue weighted by molar-refractivity contribution is -0.107. The van der Waals surface area contributed by atoms with Crippen molar-refractivity contribution in [3.63, 3.8) is 0 Å². The van der Waals surface area contributed by atoms with Gasteiger partial charge < -0.3 is 4.79 Å². The van der Waals surface area contributed by atoms with Gasteiger partial charge in [0.25, 0.3) is 0 Å². The van der Waals surface area contributed by atoms with Crippen LogP contribution in [0.3, 0.4) is 0 Å². The summed E-state index contributed by atoms with van der Waals surface area (Å²) in [5.41, 5.74) is 0.658. The van der Waals surface area contributed by atoms with Gasteiger partial charge in [0.05, 0.1) is 0 Å². The van der Waals surface area contributed by atoms with Gasteiger partial charge >= 0.3 is 0 Å². The Bertz CT molecular complexity index is 260. The highest BCUT2D eigenvalue weighted by atomic mass is 35.5. The lowest BCUT2D eigenvalue weighted by Gasteiger charge is -2.02. The third-order valence-corrected chi connectivity index (χ3v) is 2.00. The molecule has 1 atom stereocenters. The third-order valence-electron chi connectivity index (χ3n) is 1.32. The van der Waals surface area contributed by atoms with Crippen LogP contribution >= 0.6 is 23.2 Å². The number of hydrogen-bond donors (Lipinski definition) is 0. The first-order chi connectivity index (χ1) is 5.25. The molecular weight excluding hydrogens is 183 g/mol. The number of carbonyl (C=O) groups is 1. The fraction of sp³-hybridized carbons (Fsp3) is 0.125. The average Bonchev–Trinajstić information content (AvgIpc) is 2.04. The fourth-order valence-electron chi connectivity index (χ4n) is 0.772. The Kier molecular flexibility index (Phi) is 2.92. The lowest BCUT2D eigenvalue weighted by Crippen LogP contribution is -1.91. The van der Waals surface area contributed by atoms with Crippen LogP contribution < -0.4 is 0 Å². The van der Waals surface area contributed by atoms with Gasteiger partial charge in [-0.05, 0) is 11.6 Å². The minimum Gasteiger partial charge on any atom is -0.301 e. The number of halogens is 2. The van der Waals surface area contributed by atoms with Crippen LogP contribution in [0, 0.1) is 0 Å².